The number of hydrogen-bond acceptors (Lipinski definition) is 5. The number of carbonyl (C=O) groups is 1. The lowest BCUT2D eigenvalue weighted by Crippen LogP contribution is -2.18. The van der Waals surface area contributed by atoms with Crippen LogP contribution in [0.15, 0.2) is 30.9 Å². The standard InChI is InChI=1S/C14H15N5O2S/c20-13(11-8-18-5-4-15-14(18)22-11)17-12-1-3-16-19(12)7-10-2-6-21-9-10/h1,3-5,8,10H,2,6-7,9H2,(H,17,20). The minimum Gasteiger partial charge on any atom is -0.381 e. The van der Waals surface area contributed by atoms with Crippen molar-refractivity contribution in [2.24, 2.45) is 5.92 Å². The second kappa shape index (κ2) is 5.54. The van der Waals surface area contributed by atoms with E-state index in [0.29, 0.717) is 16.6 Å². The van der Waals surface area contributed by atoms with Gasteiger partial charge in [-0.1, -0.05) is 11.3 Å². The van der Waals surface area contributed by atoms with Crippen molar-refractivity contribution in [3.8, 4) is 0 Å². The minimum atomic E-state index is -0.139. The van der Waals surface area contributed by atoms with Gasteiger partial charge in [-0.25, -0.2) is 9.67 Å². The molecule has 1 unspecified atom stereocenters. The zero-order valence-corrected chi connectivity index (χ0v) is 12.6. The molecular formula is C14H15N5O2S. The number of ether oxygens (including phenoxy) is 1. The smallest absolute Gasteiger partial charge is 0.268 e. The molecule has 1 N–H and O–H groups in total. The third-order valence-corrected chi connectivity index (χ3v) is 4.74. The quantitative estimate of drug-likeness (QED) is 0.797. The van der Waals surface area contributed by atoms with Crippen molar-refractivity contribution >= 4 is 28.0 Å². The molecule has 0 saturated carbocycles. The molecule has 1 aliphatic heterocycles. The molecule has 1 saturated heterocycles. The fraction of sp³-hybridized carbons (Fsp3) is 0.357. The van der Waals surface area contributed by atoms with Crippen molar-refractivity contribution in [1.82, 2.24) is 19.2 Å². The van der Waals surface area contributed by atoms with Gasteiger partial charge in [0.2, 0.25) is 0 Å². The maximum Gasteiger partial charge on any atom is 0.268 e. The highest BCUT2D eigenvalue weighted by molar-refractivity contribution is 7.18. The van der Waals surface area contributed by atoms with E-state index in [1.165, 1.54) is 11.3 Å². The monoisotopic (exact) mass is 317 g/mol. The molecule has 7 nitrogen and oxygen atoms in total. The Hall–Kier alpha value is -2.19. The molecule has 3 aromatic heterocycles. The lowest BCUT2D eigenvalue weighted by atomic mass is 10.1. The van der Waals surface area contributed by atoms with Gasteiger partial charge in [0, 0.05) is 43.7 Å². The third-order valence-electron chi connectivity index (χ3n) is 3.73. The van der Waals surface area contributed by atoms with Gasteiger partial charge in [-0.05, 0) is 6.42 Å². The Morgan fingerprint density at radius 2 is 2.45 bits per heavy atom. The molecule has 22 heavy (non-hydrogen) atoms. The number of rotatable bonds is 4. The van der Waals surface area contributed by atoms with Crippen LogP contribution in [0.3, 0.4) is 0 Å². The van der Waals surface area contributed by atoms with Crippen molar-refractivity contribution in [1.29, 1.82) is 0 Å². The van der Waals surface area contributed by atoms with E-state index in [1.54, 1.807) is 18.6 Å². The van der Waals surface area contributed by atoms with Gasteiger partial charge in [0.1, 0.15) is 10.7 Å². The number of imidazole rings is 1. The normalized spacial score (nSPS) is 18.1. The highest BCUT2D eigenvalue weighted by atomic mass is 32.1. The lowest BCUT2D eigenvalue weighted by molar-refractivity contribution is 0.102. The highest BCUT2D eigenvalue weighted by Gasteiger charge is 2.19. The average molecular weight is 317 g/mol. The first-order valence-electron chi connectivity index (χ1n) is 7.13. The molecule has 0 bridgehead atoms. The number of thiazole rings is 1. The molecule has 0 aromatic carbocycles. The fourth-order valence-corrected chi connectivity index (χ4v) is 3.41. The number of fused-ring (bicyclic) bond motifs is 1. The fourth-order valence-electron chi connectivity index (χ4n) is 2.57. The molecule has 1 amide bonds. The summed E-state index contributed by atoms with van der Waals surface area (Å²) in [5.41, 5.74) is 0. The van der Waals surface area contributed by atoms with E-state index in [2.05, 4.69) is 15.4 Å². The molecule has 1 atom stereocenters. The lowest BCUT2D eigenvalue weighted by Gasteiger charge is -2.11. The van der Waals surface area contributed by atoms with Crippen LogP contribution < -0.4 is 5.32 Å². The summed E-state index contributed by atoms with van der Waals surface area (Å²) in [4.78, 5) is 18.0. The van der Waals surface area contributed by atoms with Crippen LogP contribution in [0.25, 0.3) is 4.96 Å². The van der Waals surface area contributed by atoms with Crippen molar-refractivity contribution in [3.63, 3.8) is 0 Å². The van der Waals surface area contributed by atoms with Crippen molar-refractivity contribution < 1.29 is 9.53 Å². The summed E-state index contributed by atoms with van der Waals surface area (Å²) in [6.07, 6.45) is 8.06. The van der Waals surface area contributed by atoms with E-state index < -0.39 is 0 Å². The van der Waals surface area contributed by atoms with Crippen LogP contribution in [-0.2, 0) is 11.3 Å². The van der Waals surface area contributed by atoms with E-state index in [9.17, 15) is 4.79 Å². The highest BCUT2D eigenvalue weighted by Crippen LogP contribution is 2.20. The summed E-state index contributed by atoms with van der Waals surface area (Å²) in [6, 6.07) is 1.81. The number of anilines is 1. The van der Waals surface area contributed by atoms with Crippen LogP contribution in [-0.4, -0.2) is 38.3 Å². The van der Waals surface area contributed by atoms with E-state index >= 15 is 0 Å². The van der Waals surface area contributed by atoms with Gasteiger partial charge in [0.25, 0.3) is 5.91 Å². The summed E-state index contributed by atoms with van der Waals surface area (Å²) >= 11 is 1.36. The average Bonchev–Trinajstić information content (AvgIpc) is 3.22. The van der Waals surface area contributed by atoms with Crippen LogP contribution in [0.4, 0.5) is 5.82 Å². The second-order valence-electron chi connectivity index (χ2n) is 5.29. The van der Waals surface area contributed by atoms with Gasteiger partial charge in [0.05, 0.1) is 12.8 Å². The molecule has 0 spiro atoms. The Labute approximate surface area is 130 Å². The number of aromatic nitrogens is 4. The maximum absolute atomic E-state index is 12.4. The second-order valence-corrected chi connectivity index (χ2v) is 6.30. The Bertz CT molecular complexity index is 770. The Kier molecular flexibility index (Phi) is 3.39. The first kappa shape index (κ1) is 13.5. The van der Waals surface area contributed by atoms with Crippen molar-refractivity contribution in [3.05, 3.63) is 35.7 Å². The van der Waals surface area contributed by atoms with Gasteiger partial charge in [-0.2, -0.15) is 5.10 Å². The number of carbonyl (C=O) groups excluding carboxylic acids is 1. The zero-order valence-electron chi connectivity index (χ0n) is 11.8. The molecule has 4 heterocycles. The Balaban J connectivity index is 1.49. The van der Waals surface area contributed by atoms with E-state index in [4.69, 9.17) is 4.74 Å². The van der Waals surface area contributed by atoms with Crippen LogP contribution in [0.2, 0.25) is 0 Å². The summed E-state index contributed by atoms with van der Waals surface area (Å²) in [6.45, 7) is 2.33. The van der Waals surface area contributed by atoms with Crippen molar-refractivity contribution in [2.75, 3.05) is 18.5 Å². The molecule has 1 fully saturated rings. The largest absolute Gasteiger partial charge is 0.381 e. The molecule has 0 radical (unpaired) electrons. The zero-order chi connectivity index (χ0) is 14.9. The van der Waals surface area contributed by atoms with Crippen LogP contribution in [0, 0.1) is 5.92 Å². The predicted molar refractivity (Wildman–Crippen MR) is 82.2 cm³/mol. The number of nitrogens with one attached hydrogen (secondary N) is 1. The molecule has 8 heteroatoms. The molecule has 4 rings (SSSR count). The van der Waals surface area contributed by atoms with E-state index in [1.807, 2.05) is 21.3 Å². The van der Waals surface area contributed by atoms with Crippen molar-refractivity contribution in [2.45, 2.75) is 13.0 Å². The molecule has 114 valence electrons. The topological polar surface area (TPSA) is 73.5 Å². The number of nitrogens with zero attached hydrogens (tertiary/aromatic N) is 4. The third kappa shape index (κ3) is 2.51. The Morgan fingerprint density at radius 1 is 1.50 bits per heavy atom. The predicted octanol–water partition coefficient (Wildman–Crippen LogP) is 1.88. The molecular weight excluding hydrogens is 302 g/mol. The number of hydrogen-bond donors (Lipinski definition) is 1. The SMILES string of the molecule is O=C(Nc1ccnn1CC1CCOC1)c1cn2ccnc2s1. The summed E-state index contributed by atoms with van der Waals surface area (Å²) < 4.78 is 9.05. The molecule has 0 aliphatic carbocycles. The first-order valence-corrected chi connectivity index (χ1v) is 7.94. The summed E-state index contributed by atoms with van der Waals surface area (Å²) in [5.74, 6) is 1.03. The Morgan fingerprint density at radius 3 is 3.27 bits per heavy atom. The number of amides is 1. The van der Waals surface area contributed by atoms with Crippen LogP contribution >= 0.6 is 11.3 Å². The van der Waals surface area contributed by atoms with Gasteiger partial charge < -0.3 is 10.1 Å². The van der Waals surface area contributed by atoms with Crippen LogP contribution in [0.5, 0.6) is 0 Å². The minimum absolute atomic E-state index is 0.139. The van der Waals surface area contributed by atoms with Crippen LogP contribution in [0.1, 0.15) is 16.1 Å². The van der Waals surface area contributed by atoms with E-state index in [-0.39, 0.29) is 5.91 Å². The first-order chi connectivity index (χ1) is 10.8. The molecule has 3 aromatic rings. The van der Waals surface area contributed by atoms with Gasteiger partial charge in [0.15, 0.2) is 4.96 Å². The maximum atomic E-state index is 12.4. The van der Waals surface area contributed by atoms with Gasteiger partial charge in [-0.15, -0.1) is 0 Å². The molecule has 1 aliphatic rings. The van der Waals surface area contributed by atoms with Gasteiger partial charge in [-0.3, -0.25) is 9.20 Å². The van der Waals surface area contributed by atoms with E-state index in [0.717, 1.165) is 31.1 Å². The summed E-state index contributed by atoms with van der Waals surface area (Å²) in [7, 11) is 0. The summed E-state index contributed by atoms with van der Waals surface area (Å²) in [5, 5.41) is 7.21. The van der Waals surface area contributed by atoms with Gasteiger partial charge >= 0.3 is 0 Å².